The third-order valence-electron chi connectivity index (χ3n) is 4.43. The SMILES string of the molecule is CCCO[C@H](CC(=O)NO)[C@H](Cc1ccc(Cl)cc1)c1ccnn1C(C)C. The lowest BCUT2D eigenvalue weighted by atomic mass is 9.88. The van der Waals surface area contributed by atoms with Gasteiger partial charge in [0.25, 0.3) is 0 Å². The van der Waals surface area contributed by atoms with Gasteiger partial charge >= 0.3 is 0 Å². The molecule has 0 aliphatic rings. The van der Waals surface area contributed by atoms with Gasteiger partial charge in [0.2, 0.25) is 5.91 Å². The summed E-state index contributed by atoms with van der Waals surface area (Å²) in [5, 5.41) is 14.1. The van der Waals surface area contributed by atoms with Gasteiger partial charge in [-0.1, -0.05) is 30.7 Å². The molecule has 0 saturated heterocycles. The highest BCUT2D eigenvalue weighted by atomic mass is 35.5. The molecule has 2 N–H and O–H groups in total. The van der Waals surface area contributed by atoms with Crippen molar-refractivity contribution in [2.75, 3.05) is 6.61 Å². The van der Waals surface area contributed by atoms with E-state index in [1.54, 1.807) is 11.7 Å². The fourth-order valence-electron chi connectivity index (χ4n) is 3.17. The van der Waals surface area contributed by atoms with Crippen LogP contribution in [0.2, 0.25) is 5.02 Å². The molecule has 6 nitrogen and oxygen atoms in total. The third kappa shape index (κ3) is 6.06. The number of nitrogens with zero attached hydrogens (tertiary/aromatic N) is 2. The largest absolute Gasteiger partial charge is 0.377 e. The number of nitrogens with one attached hydrogen (secondary N) is 1. The summed E-state index contributed by atoms with van der Waals surface area (Å²) in [6.07, 6.45) is 2.96. The lowest BCUT2D eigenvalue weighted by Gasteiger charge is -2.28. The molecule has 1 amide bonds. The van der Waals surface area contributed by atoms with Gasteiger partial charge in [-0.25, -0.2) is 5.48 Å². The average Bonchev–Trinajstić information content (AvgIpc) is 3.14. The number of hydrogen-bond donors (Lipinski definition) is 2. The lowest BCUT2D eigenvalue weighted by molar-refractivity contribution is -0.132. The van der Waals surface area contributed by atoms with Crippen LogP contribution in [-0.2, 0) is 16.0 Å². The number of benzene rings is 1. The first-order valence-electron chi connectivity index (χ1n) is 9.28. The van der Waals surface area contributed by atoms with E-state index in [-0.39, 0.29) is 24.5 Å². The van der Waals surface area contributed by atoms with Crippen molar-refractivity contribution in [1.29, 1.82) is 0 Å². The number of carbonyl (C=O) groups excluding carboxylic acids is 1. The van der Waals surface area contributed by atoms with E-state index in [0.29, 0.717) is 18.1 Å². The van der Waals surface area contributed by atoms with Gasteiger partial charge < -0.3 is 4.74 Å². The van der Waals surface area contributed by atoms with Gasteiger partial charge in [0.15, 0.2) is 0 Å². The number of ether oxygens (including phenoxy) is 1. The molecule has 2 atom stereocenters. The van der Waals surface area contributed by atoms with Crippen LogP contribution in [0, 0.1) is 0 Å². The minimum absolute atomic E-state index is 0.0675. The predicted octanol–water partition coefficient (Wildman–Crippen LogP) is 4.13. The van der Waals surface area contributed by atoms with E-state index in [0.717, 1.165) is 17.7 Å². The van der Waals surface area contributed by atoms with Gasteiger partial charge in [-0.15, -0.1) is 0 Å². The molecule has 1 heterocycles. The number of amides is 1. The van der Waals surface area contributed by atoms with Crippen LogP contribution in [0.25, 0.3) is 0 Å². The Morgan fingerprint density at radius 3 is 2.59 bits per heavy atom. The molecule has 7 heteroatoms. The monoisotopic (exact) mass is 393 g/mol. The average molecular weight is 394 g/mol. The number of hydroxylamine groups is 1. The Balaban J connectivity index is 2.39. The molecule has 1 aromatic carbocycles. The first-order valence-corrected chi connectivity index (χ1v) is 9.66. The van der Waals surface area contributed by atoms with E-state index in [1.165, 1.54) is 0 Å². The van der Waals surface area contributed by atoms with Crippen LogP contribution in [0.5, 0.6) is 0 Å². The smallest absolute Gasteiger partial charge is 0.245 e. The molecule has 2 rings (SSSR count). The Labute approximate surface area is 165 Å². The van der Waals surface area contributed by atoms with Crippen molar-refractivity contribution in [3.8, 4) is 0 Å². The van der Waals surface area contributed by atoms with Gasteiger partial charge in [0.1, 0.15) is 0 Å². The number of aromatic nitrogens is 2. The van der Waals surface area contributed by atoms with Crippen LogP contribution in [0.3, 0.4) is 0 Å². The molecule has 0 spiro atoms. The number of halogens is 1. The third-order valence-corrected chi connectivity index (χ3v) is 4.69. The van der Waals surface area contributed by atoms with Crippen molar-refractivity contribution < 1.29 is 14.7 Å². The lowest BCUT2D eigenvalue weighted by Crippen LogP contribution is -2.33. The molecule has 1 aromatic heterocycles. The molecular formula is C20H28ClN3O3. The van der Waals surface area contributed by atoms with Crippen LogP contribution in [-0.4, -0.2) is 33.6 Å². The molecule has 0 saturated carbocycles. The molecular weight excluding hydrogens is 366 g/mol. The molecule has 0 aliphatic heterocycles. The second-order valence-electron chi connectivity index (χ2n) is 6.88. The van der Waals surface area contributed by atoms with E-state index < -0.39 is 5.91 Å². The van der Waals surface area contributed by atoms with E-state index in [2.05, 4.69) is 18.9 Å². The van der Waals surface area contributed by atoms with Crippen molar-refractivity contribution in [2.45, 2.75) is 58.1 Å². The molecule has 0 bridgehead atoms. The van der Waals surface area contributed by atoms with E-state index in [9.17, 15) is 4.79 Å². The topological polar surface area (TPSA) is 76.4 Å². The molecule has 0 aliphatic carbocycles. The summed E-state index contributed by atoms with van der Waals surface area (Å²) in [5.74, 6) is -0.562. The first kappa shape index (κ1) is 21.4. The highest BCUT2D eigenvalue weighted by Gasteiger charge is 2.29. The molecule has 0 fully saturated rings. The molecule has 2 aromatic rings. The minimum atomic E-state index is -0.465. The maximum Gasteiger partial charge on any atom is 0.245 e. The predicted molar refractivity (Wildman–Crippen MR) is 105 cm³/mol. The van der Waals surface area contributed by atoms with E-state index in [1.807, 2.05) is 41.9 Å². The maximum atomic E-state index is 11.9. The molecule has 27 heavy (non-hydrogen) atoms. The number of hydrogen-bond acceptors (Lipinski definition) is 4. The highest BCUT2D eigenvalue weighted by molar-refractivity contribution is 6.30. The van der Waals surface area contributed by atoms with E-state index in [4.69, 9.17) is 21.5 Å². The zero-order valence-electron chi connectivity index (χ0n) is 16.1. The van der Waals surface area contributed by atoms with Gasteiger partial charge in [-0.2, -0.15) is 5.10 Å². The second kappa shape index (κ2) is 10.4. The van der Waals surface area contributed by atoms with Crippen LogP contribution in [0.4, 0.5) is 0 Å². The first-order chi connectivity index (χ1) is 13.0. The summed E-state index contributed by atoms with van der Waals surface area (Å²) >= 11 is 6.01. The Morgan fingerprint density at radius 2 is 2.00 bits per heavy atom. The van der Waals surface area contributed by atoms with Gasteiger partial charge in [-0.3, -0.25) is 14.7 Å². The Bertz CT molecular complexity index is 716. The Hall–Kier alpha value is -1.89. The van der Waals surface area contributed by atoms with Crippen LogP contribution in [0.1, 0.15) is 56.8 Å². The zero-order chi connectivity index (χ0) is 19.8. The summed E-state index contributed by atoms with van der Waals surface area (Å²) in [5.41, 5.74) is 3.82. The van der Waals surface area contributed by atoms with Gasteiger partial charge in [0, 0.05) is 35.5 Å². The van der Waals surface area contributed by atoms with Crippen LogP contribution in [0.15, 0.2) is 36.5 Å². The Kier molecular flexibility index (Phi) is 8.28. The number of carbonyl (C=O) groups is 1. The van der Waals surface area contributed by atoms with Crippen molar-refractivity contribution in [1.82, 2.24) is 15.3 Å². The Morgan fingerprint density at radius 1 is 1.30 bits per heavy atom. The normalized spacial score (nSPS) is 13.6. The van der Waals surface area contributed by atoms with Crippen molar-refractivity contribution in [3.05, 3.63) is 52.8 Å². The van der Waals surface area contributed by atoms with Crippen molar-refractivity contribution in [3.63, 3.8) is 0 Å². The summed E-state index contributed by atoms with van der Waals surface area (Å²) in [6, 6.07) is 9.83. The standard InChI is InChI=1S/C20H28ClN3O3/c1-4-11-27-19(13-20(25)23-26)17(12-15-5-7-16(21)8-6-15)18-9-10-22-24(18)14(2)3/h5-10,14,17,19,26H,4,11-13H2,1-3H3,(H,23,25)/t17-,19-/m1/s1. The highest BCUT2D eigenvalue weighted by Crippen LogP contribution is 2.30. The molecule has 0 radical (unpaired) electrons. The minimum Gasteiger partial charge on any atom is -0.377 e. The summed E-state index contributed by atoms with van der Waals surface area (Å²) in [7, 11) is 0. The van der Waals surface area contributed by atoms with E-state index >= 15 is 0 Å². The quantitative estimate of drug-likeness (QED) is 0.470. The summed E-state index contributed by atoms with van der Waals surface area (Å²) in [6.45, 7) is 6.70. The van der Waals surface area contributed by atoms with Crippen LogP contribution < -0.4 is 5.48 Å². The van der Waals surface area contributed by atoms with Crippen molar-refractivity contribution in [2.24, 2.45) is 0 Å². The summed E-state index contributed by atoms with van der Waals surface area (Å²) in [4.78, 5) is 11.9. The fourth-order valence-corrected chi connectivity index (χ4v) is 3.29. The van der Waals surface area contributed by atoms with Gasteiger partial charge in [0.05, 0.1) is 12.5 Å². The van der Waals surface area contributed by atoms with Crippen LogP contribution >= 0.6 is 11.6 Å². The fraction of sp³-hybridized carbons (Fsp3) is 0.500. The second-order valence-corrected chi connectivity index (χ2v) is 7.32. The molecule has 148 valence electrons. The maximum absolute atomic E-state index is 11.9. The summed E-state index contributed by atoms with van der Waals surface area (Å²) < 4.78 is 8.00. The van der Waals surface area contributed by atoms with Gasteiger partial charge in [-0.05, 0) is 50.5 Å². The zero-order valence-corrected chi connectivity index (χ0v) is 16.8. The number of rotatable bonds is 10. The molecule has 0 unspecified atom stereocenters. The van der Waals surface area contributed by atoms with Crippen molar-refractivity contribution >= 4 is 17.5 Å².